The highest BCUT2D eigenvalue weighted by atomic mass is 32.1. The highest BCUT2D eigenvalue weighted by Gasteiger charge is 2.31. The summed E-state index contributed by atoms with van der Waals surface area (Å²) in [6, 6.07) is 6.20. The van der Waals surface area contributed by atoms with Gasteiger partial charge < -0.3 is 11.5 Å². The molecule has 5 N–H and O–H groups in total. The second-order valence-corrected chi connectivity index (χ2v) is 6.04. The minimum atomic E-state index is -0.622. The molecule has 1 aromatic carbocycles. The van der Waals surface area contributed by atoms with Crippen molar-refractivity contribution >= 4 is 44.3 Å². The number of imide groups is 1. The number of nitrogen functional groups attached to an aromatic ring is 2. The molecule has 9 heteroatoms. The van der Waals surface area contributed by atoms with E-state index in [1.54, 1.807) is 18.2 Å². The van der Waals surface area contributed by atoms with Crippen LogP contribution >= 0.6 is 11.3 Å². The molecule has 4 rings (SSSR count). The average molecular weight is 327 g/mol. The van der Waals surface area contributed by atoms with E-state index in [1.165, 1.54) is 15.9 Å². The summed E-state index contributed by atoms with van der Waals surface area (Å²) in [6.07, 6.45) is 0. The largest absolute Gasteiger partial charge is 0.384 e. The lowest BCUT2D eigenvalue weighted by atomic mass is 10.1. The molecule has 2 amide bonds. The van der Waals surface area contributed by atoms with Crippen LogP contribution in [0.1, 0.15) is 20.7 Å². The molecule has 1 aliphatic heterocycles. The zero-order valence-corrected chi connectivity index (χ0v) is 12.3. The van der Waals surface area contributed by atoms with Gasteiger partial charge in [0.1, 0.15) is 5.82 Å². The van der Waals surface area contributed by atoms with Crippen LogP contribution in [0.5, 0.6) is 0 Å². The van der Waals surface area contributed by atoms with Crippen molar-refractivity contribution in [2.45, 2.75) is 0 Å². The van der Waals surface area contributed by atoms with Gasteiger partial charge in [0.25, 0.3) is 17.4 Å². The number of nitrogens with two attached hydrogens (primary N) is 2. The van der Waals surface area contributed by atoms with Gasteiger partial charge in [0.05, 0.1) is 27.0 Å². The van der Waals surface area contributed by atoms with E-state index in [0.717, 1.165) is 10.8 Å². The number of pyridine rings is 1. The Morgan fingerprint density at radius 3 is 2.65 bits per heavy atom. The molecular formula is C14H9N5O3S. The molecule has 0 unspecified atom stereocenters. The van der Waals surface area contributed by atoms with Gasteiger partial charge in [-0.1, -0.05) is 11.3 Å². The molecule has 0 fully saturated rings. The van der Waals surface area contributed by atoms with Crippen LogP contribution in [0.4, 0.5) is 10.9 Å². The lowest BCUT2D eigenvalue weighted by Crippen LogP contribution is -2.24. The Kier molecular flexibility index (Phi) is 2.57. The van der Waals surface area contributed by atoms with E-state index in [0.29, 0.717) is 16.3 Å². The number of aromatic nitrogens is 2. The normalized spacial score (nSPS) is 13.4. The monoisotopic (exact) mass is 327 g/mol. The average Bonchev–Trinajstić information content (AvgIpc) is 2.98. The molecule has 114 valence electrons. The Balaban J connectivity index is 2.01. The lowest BCUT2D eigenvalue weighted by Gasteiger charge is -2.11. The first-order chi connectivity index (χ1) is 11.0. The summed E-state index contributed by atoms with van der Waals surface area (Å²) in [5.41, 5.74) is 12.2. The Labute approximate surface area is 132 Å². The molecule has 23 heavy (non-hydrogen) atoms. The molecule has 0 spiro atoms. The number of nitrogens with zero attached hydrogens (tertiary/aromatic N) is 2. The fraction of sp³-hybridized carbons (Fsp3) is 0. The fourth-order valence-corrected chi connectivity index (χ4v) is 3.33. The van der Waals surface area contributed by atoms with Gasteiger partial charge in [-0.3, -0.25) is 24.3 Å². The quantitative estimate of drug-likeness (QED) is 0.557. The number of fused-ring (bicyclic) bond motifs is 2. The third-order valence-electron chi connectivity index (χ3n) is 3.60. The van der Waals surface area contributed by atoms with E-state index in [-0.39, 0.29) is 16.9 Å². The number of nitrogens with one attached hydrogen (secondary N) is 1. The van der Waals surface area contributed by atoms with Gasteiger partial charge >= 0.3 is 0 Å². The molecule has 0 aliphatic carbocycles. The van der Waals surface area contributed by atoms with Crippen molar-refractivity contribution in [3.63, 3.8) is 0 Å². The highest BCUT2D eigenvalue weighted by Crippen LogP contribution is 2.27. The van der Waals surface area contributed by atoms with Crippen molar-refractivity contribution in [2.24, 2.45) is 0 Å². The number of thiazole rings is 1. The van der Waals surface area contributed by atoms with Crippen molar-refractivity contribution in [3.8, 4) is 5.69 Å². The summed E-state index contributed by atoms with van der Waals surface area (Å²) < 4.78 is 2.04. The number of benzene rings is 1. The summed E-state index contributed by atoms with van der Waals surface area (Å²) in [4.78, 5) is 40.0. The van der Waals surface area contributed by atoms with Gasteiger partial charge in [0, 0.05) is 6.07 Å². The first kappa shape index (κ1) is 13.5. The zero-order valence-electron chi connectivity index (χ0n) is 11.5. The molecule has 0 saturated carbocycles. The van der Waals surface area contributed by atoms with Gasteiger partial charge in [0.15, 0.2) is 5.13 Å². The topological polar surface area (TPSA) is 133 Å². The molecule has 0 saturated heterocycles. The number of hydrogen-bond donors (Lipinski definition) is 3. The predicted octanol–water partition coefficient (Wildman–Crippen LogP) is 0.495. The fourth-order valence-electron chi connectivity index (χ4n) is 2.62. The Morgan fingerprint density at radius 1 is 1.09 bits per heavy atom. The summed E-state index contributed by atoms with van der Waals surface area (Å²) in [7, 11) is 0. The van der Waals surface area contributed by atoms with Gasteiger partial charge in [0.2, 0.25) is 0 Å². The molecule has 3 heterocycles. The van der Waals surface area contributed by atoms with E-state index < -0.39 is 17.4 Å². The molecule has 8 nitrogen and oxygen atoms in total. The van der Waals surface area contributed by atoms with Crippen molar-refractivity contribution in [1.29, 1.82) is 0 Å². The molecule has 2 aromatic heterocycles. The number of carbonyl (C=O) groups excluding carboxylic acids is 2. The first-order valence-electron chi connectivity index (χ1n) is 6.53. The number of carbonyl (C=O) groups is 2. The number of anilines is 2. The van der Waals surface area contributed by atoms with Gasteiger partial charge in [-0.25, -0.2) is 4.98 Å². The van der Waals surface area contributed by atoms with Crippen molar-refractivity contribution in [2.75, 3.05) is 11.5 Å². The highest BCUT2D eigenvalue weighted by molar-refractivity contribution is 7.22. The lowest BCUT2D eigenvalue weighted by molar-refractivity contribution is 0.0880. The van der Waals surface area contributed by atoms with Crippen molar-refractivity contribution < 1.29 is 9.59 Å². The van der Waals surface area contributed by atoms with Crippen LogP contribution in [0.25, 0.3) is 15.9 Å². The van der Waals surface area contributed by atoms with E-state index in [9.17, 15) is 14.4 Å². The van der Waals surface area contributed by atoms with Crippen LogP contribution in [-0.4, -0.2) is 21.4 Å². The predicted molar refractivity (Wildman–Crippen MR) is 85.8 cm³/mol. The summed E-state index contributed by atoms with van der Waals surface area (Å²) in [5.74, 6) is -1.32. The number of amides is 2. The van der Waals surface area contributed by atoms with Gasteiger partial charge in [-0.05, 0) is 18.2 Å². The summed E-state index contributed by atoms with van der Waals surface area (Å²) in [6.45, 7) is 0. The zero-order chi connectivity index (χ0) is 16.3. The van der Waals surface area contributed by atoms with E-state index in [2.05, 4.69) is 10.3 Å². The molecule has 0 atom stereocenters. The van der Waals surface area contributed by atoms with Crippen molar-refractivity contribution in [1.82, 2.24) is 14.9 Å². The Hall–Kier alpha value is -3.20. The minimum absolute atomic E-state index is 0.00673. The molecule has 0 radical (unpaired) electrons. The molecule has 0 bridgehead atoms. The maximum Gasteiger partial charge on any atom is 0.262 e. The Morgan fingerprint density at radius 2 is 1.87 bits per heavy atom. The van der Waals surface area contributed by atoms with E-state index in [1.807, 2.05) is 0 Å². The van der Waals surface area contributed by atoms with Gasteiger partial charge in [-0.15, -0.1) is 0 Å². The smallest absolute Gasteiger partial charge is 0.262 e. The number of rotatable bonds is 1. The maximum atomic E-state index is 12.3. The van der Waals surface area contributed by atoms with Crippen LogP contribution in [-0.2, 0) is 0 Å². The third-order valence-corrected chi connectivity index (χ3v) is 4.46. The number of hydrogen-bond acceptors (Lipinski definition) is 7. The summed E-state index contributed by atoms with van der Waals surface area (Å²) >= 11 is 1.32. The Bertz CT molecular complexity index is 1080. The van der Waals surface area contributed by atoms with Crippen LogP contribution in [0.15, 0.2) is 29.1 Å². The molecule has 1 aliphatic rings. The van der Waals surface area contributed by atoms with Crippen LogP contribution in [0.3, 0.4) is 0 Å². The van der Waals surface area contributed by atoms with E-state index in [4.69, 9.17) is 11.5 Å². The first-order valence-corrected chi connectivity index (χ1v) is 7.35. The minimum Gasteiger partial charge on any atom is -0.384 e. The summed E-state index contributed by atoms with van der Waals surface area (Å²) in [5, 5.41) is 2.54. The SMILES string of the molecule is Nc1nc2cc(-n3c(N)c4c(cc3=O)C(=O)NC4=O)ccc2s1. The second-order valence-electron chi connectivity index (χ2n) is 4.98. The van der Waals surface area contributed by atoms with Crippen LogP contribution in [0.2, 0.25) is 0 Å². The third kappa shape index (κ3) is 1.83. The van der Waals surface area contributed by atoms with Crippen LogP contribution in [0, 0.1) is 0 Å². The standard InChI is InChI=1S/C14H9N5O3S/c15-11-10-6(12(21)18-13(10)22)4-9(20)19(11)5-1-2-8-7(3-5)17-14(16)23-8/h1-4H,15H2,(H2,16,17)(H,18,21,22). The molecular weight excluding hydrogens is 318 g/mol. The van der Waals surface area contributed by atoms with Crippen LogP contribution < -0.4 is 22.3 Å². The van der Waals surface area contributed by atoms with Gasteiger partial charge in [-0.2, -0.15) is 0 Å². The van der Waals surface area contributed by atoms with E-state index >= 15 is 0 Å². The maximum absolute atomic E-state index is 12.3. The molecule has 3 aromatic rings. The van der Waals surface area contributed by atoms with Crippen molar-refractivity contribution in [3.05, 3.63) is 45.7 Å². The second kappa shape index (κ2) is 4.40.